The maximum Gasteiger partial charge on any atom is 0.148 e. The number of hydrogen-bond donors (Lipinski definition) is 1. The summed E-state index contributed by atoms with van der Waals surface area (Å²) >= 11 is 5.19. The second-order valence-electron chi connectivity index (χ2n) is 5.15. The fraction of sp³-hybridized carbons (Fsp3) is 0.412. The lowest BCUT2D eigenvalue weighted by molar-refractivity contribution is 0.174. The molecule has 0 amide bonds. The fourth-order valence-electron chi connectivity index (χ4n) is 2.22. The number of rotatable bonds is 7. The van der Waals surface area contributed by atoms with Crippen molar-refractivity contribution < 1.29 is 4.74 Å². The van der Waals surface area contributed by atoms with Crippen LogP contribution in [-0.2, 0) is 6.42 Å². The molecule has 0 saturated carbocycles. The molecule has 1 aromatic carbocycles. The maximum atomic E-state index is 6.25. The van der Waals surface area contributed by atoms with Crippen molar-refractivity contribution in [1.82, 2.24) is 0 Å². The van der Waals surface area contributed by atoms with Crippen LogP contribution in [0, 0.1) is 0 Å². The topological polar surface area (TPSA) is 35.2 Å². The van der Waals surface area contributed by atoms with Gasteiger partial charge in [-0.1, -0.05) is 32.4 Å². The van der Waals surface area contributed by atoms with Crippen LogP contribution in [0.5, 0.6) is 5.75 Å². The first kappa shape index (κ1) is 16.5. The van der Waals surface area contributed by atoms with Crippen LogP contribution in [0.4, 0.5) is 0 Å². The lowest BCUT2D eigenvalue weighted by Gasteiger charge is -2.23. The van der Waals surface area contributed by atoms with Gasteiger partial charge in [-0.15, -0.1) is 11.3 Å². The molecule has 1 aromatic heterocycles. The number of nitrogens with two attached hydrogens (primary N) is 1. The average Bonchev–Trinajstić information content (AvgIpc) is 2.92. The Labute approximate surface area is 139 Å². The van der Waals surface area contributed by atoms with Gasteiger partial charge in [-0.3, -0.25) is 0 Å². The Morgan fingerprint density at radius 2 is 1.86 bits per heavy atom. The zero-order valence-electron chi connectivity index (χ0n) is 12.5. The number of halogens is 1. The molecule has 2 atom stereocenters. The highest BCUT2D eigenvalue weighted by molar-refractivity contribution is 9.11. The summed E-state index contributed by atoms with van der Waals surface area (Å²) in [6.45, 7) is 4.28. The molecule has 2 unspecified atom stereocenters. The second-order valence-corrected chi connectivity index (χ2v) is 7.64. The number of thiophene rings is 1. The summed E-state index contributed by atoms with van der Waals surface area (Å²) in [6, 6.07) is 12.5. The van der Waals surface area contributed by atoms with Crippen LogP contribution in [-0.4, -0.2) is 6.04 Å². The highest BCUT2D eigenvalue weighted by atomic mass is 79.9. The van der Waals surface area contributed by atoms with Crippen LogP contribution in [0.15, 0.2) is 40.2 Å². The molecule has 2 N–H and O–H groups in total. The highest BCUT2D eigenvalue weighted by Gasteiger charge is 2.22. The Morgan fingerprint density at radius 1 is 1.14 bits per heavy atom. The third-order valence-corrected chi connectivity index (χ3v) is 5.14. The van der Waals surface area contributed by atoms with Gasteiger partial charge in [0.2, 0.25) is 0 Å². The van der Waals surface area contributed by atoms with E-state index in [9.17, 15) is 0 Å². The van der Waals surface area contributed by atoms with E-state index >= 15 is 0 Å². The van der Waals surface area contributed by atoms with Gasteiger partial charge in [-0.05, 0) is 58.6 Å². The van der Waals surface area contributed by atoms with Crippen LogP contribution in [0.3, 0.4) is 0 Å². The number of benzene rings is 1. The minimum absolute atomic E-state index is 0.00846. The summed E-state index contributed by atoms with van der Waals surface area (Å²) in [4.78, 5) is 1.16. The maximum absolute atomic E-state index is 6.25. The first-order valence-electron chi connectivity index (χ1n) is 7.40. The summed E-state index contributed by atoms with van der Waals surface area (Å²) < 4.78 is 7.27. The molecule has 0 aliphatic carbocycles. The molecule has 2 nitrogen and oxygen atoms in total. The van der Waals surface area contributed by atoms with E-state index in [1.165, 1.54) is 5.56 Å². The van der Waals surface area contributed by atoms with Crippen LogP contribution in [0.1, 0.15) is 43.2 Å². The molecule has 0 saturated heterocycles. The van der Waals surface area contributed by atoms with Crippen LogP contribution in [0.2, 0.25) is 0 Å². The third kappa shape index (κ3) is 4.56. The van der Waals surface area contributed by atoms with Crippen molar-refractivity contribution in [2.75, 3.05) is 0 Å². The van der Waals surface area contributed by atoms with Gasteiger partial charge in [0.15, 0.2) is 0 Å². The van der Waals surface area contributed by atoms with Gasteiger partial charge in [-0.25, -0.2) is 0 Å². The summed E-state index contributed by atoms with van der Waals surface area (Å²) in [5.74, 6) is 0.883. The summed E-state index contributed by atoms with van der Waals surface area (Å²) in [7, 11) is 0. The fourth-order valence-corrected chi connectivity index (χ4v) is 3.75. The monoisotopic (exact) mass is 367 g/mol. The lowest BCUT2D eigenvalue weighted by atomic mass is 10.1. The Kier molecular flexibility index (Phi) is 6.27. The Hall–Kier alpha value is -0.840. The van der Waals surface area contributed by atoms with Gasteiger partial charge in [0.05, 0.1) is 3.79 Å². The summed E-state index contributed by atoms with van der Waals surface area (Å²) in [5.41, 5.74) is 7.60. The molecule has 2 rings (SSSR count). The molecule has 0 radical (unpaired) electrons. The van der Waals surface area contributed by atoms with E-state index in [1.54, 1.807) is 11.3 Å². The largest absolute Gasteiger partial charge is 0.483 e. The number of hydrogen-bond acceptors (Lipinski definition) is 3. The smallest absolute Gasteiger partial charge is 0.148 e. The third-order valence-electron chi connectivity index (χ3n) is 3.46. The molecular weight excluding hydrogens is 346 g/mol. The van der Waals surface area contributed by atoms with E-state index in [0.717, 1.165) is 33.7 Å². The first-order chi connectivity index (χ1) is 10.1. The van der Waals surface area contributed by atoms with Crippen molar-refractivity contribution in [1.29, 1.82) is 0 Å². The zero-order chi connectivity index (χ0) is 15.2. The molecule has 0 aliphatic rings. The van der Waals surface area contributed by atoms with Crippen molar-refractivity contribution in [3.63, 3.8) is 0 Å². The van der Waals surface area contributed by atoms with Crippen molar-refractivity contribution in [2.24, 2.45) is 5.73 Å². The molecular formula is C17H22BrNOS. The van der Waals surface area contributed by atoms with Gasteiger partial charge in [-0.2, -0.15) is 0 Å². The predicted octanol–water partition coefficient (Wildman–Crippen LogP) is 5.32. The molecule has 1 heterocycles. The minimum atomic E-state index is -0.0941. The van der Waals surface area contributed by atoms with Gasteiger partial charge >= 0.3 is 0 Å². The standard InChI is InChI=1S/C17H22BrNOS/c1-3-5-12-6-8-13(9-7-12)20-17(14(19)4-2)15-10-11-16(18)21-15/h6-11,14,17H,3-5,19H2,1-2H3. The van der Waals surface area contributed by atoms with Gasteiger partial charge in [0, 0.05) is 10.9 Å². The predicted molar refractivity (Wildman–Crippen MR) is 94.1 cm³/mol. The minimum Gasteiger partial charge on any atom is -0.483 e. The first-order valence-corrected chi connectivity index (χ1v) is 9.01. The van der Waals surface area contributed by atoms with Gasteiger partial charge < -0.3 is 10.5 Å². The van der Waals surface area contributed by atoms with E-state index < -0.39 is 0 Å². The van der Waals surface area contributed by atoms with Crippen LogP contribution < -0.4 is 10.5 Å². The molecule has 0 spiro atoms. The second kappa shape index (κ2) is 7.97. The van der Waals surface area contributed by atoms with E-state index in [1.807, 2.05) is 18.2 Å². The average molecular weight is 368 g/mol. The molecule has 0 bridgehead atoms. The van der Waals surface area contributed by atoms with Crippen molar-refractivity contribution in [3.05, 3.63) is 50.6 Å². The number of ether oxygens (including phenoxy) is 1. The van der Waals surface area contributed by atoms with Crippen molar-refractivity contribution in [3.8, 4) is 5.75 Å². The molecule has 4 heteroatoms. The van der Waals surface area contributed by atoms with Gasteiger partial charge in [0.25, 0.3) is 0 Å². The lowest BCUT2D eigenvalue weighted by Crippen LogP contribution is -2.30. The molecule has 0 fully saturated rings. The van der Waals surface area contributed by atoms with E-state index in [4.69, 9.17) is 10.5 Å². The quantitative estimate of drug-likeness (QED) is 0.718. The van der Waals surface area contributed by atoms with Crippen LogP contribution >= 0.6 is 27.3 Å². The van der Waals surface area contributed by atoms with E-state index in [-0.39, 0.29) is 12.1 Å². The van der Waals surface area contributed by atoms with E-state index in [2.05, 4.69) is 48.0 Å². The molecule has 0 aliphatic heterocycles. The zero-order valence-corrected chi connectivity index (χ0v) is 14.9. The normalized spacial score (nSPS) is 13.9. The molecule has 2 aromatic rings. The Balaban J connectivity index is 2.15. The Bertz CT molecular complexity index is 552. The summed E-state index contributed by atoms with van der Waals surface area (Å²) in [6.07, 6.45) is 3.06. The molecule has 21 heavy (non-hydrogen) atoms. The van der Waals surface area contributed by atoms with Crippen molar-refractivity contribution in [2.45, 2.75) is 45.3 Å². The highest BCUT2D eigenvalue weighted by Crippen LogP contribution is 2.33. The van der Waals surface area contributed by atoms with Crippen molar-refractivity contribution >= 4 is 27.3 Å². The number of aryl methyl sites for hydroxylation is 1. The van der Waals surface area contributed by atoms with Crippen LogP contribution in [0.25, 0.3) is 0 Å². The molecule has 114 valence electrons. The van der Waals surface area contributed by atoms with E-state index in [0.29, 0.717) is 0 Å². The Morgan fingerprint density at radius 3 is 2.38 bits per heavy atom. The SMILES string of the molecule is CCCc1ccc(OC(c2ccc(Br)s2)C(N)CC)cc1. The summed E-state index contributed by atoms with van der Waals surface area (Å²) in [5, 5.41) is 0. The van der Waals surface area contributed by atoms with Gasteiger partial charge in [0.1, 0.15) is 11.9 Å².